The molecule has 0 aromatic heterocycles. The van der Waals surface area contributed by atoms with Crippen LogP contribution in [0.1, 0.15) is 79.1 Å². The largest absolute Gasteiger partial charge is 0.0993 e. The average molecular weight is 210 g/mol. The lowest BCUT2D eigenvalue weighted by Gasteiger charge is -2.21. The average Bonchev–Trinajstić information content (AvgIpc) is 2.14. The molecule has 15 heavy (non-hydrogen) atoms. The quantitative estimate of drug-likeness (QED) is 0.354. The molecule has 0 bridgehead atoms. The van der Waals surface area contributed by atoms with Crippen LogP contribution in [-0.4, -0.2) is 0 Å². The summed E-state index contributed by atoms with van der Waals surface area (Å²) in [6, 6.07) is 0. The van der Waals surface area contributed by atoms with Gasteiger partial charge in [-0.05, 0) is 18.3 Å². The van der Waals surface area contributed by atoms with Crippen molar-refractivity contribution in [2.24, 2.45) is 5.41 Å². The molecular weight excluding hydrogens is 180 g/mol. The predicted molar refractivity (Wildman–Crippen MR) is 71.2 cm³/mol. The zero-order chi connectivity index (χ0) is 11.7. The molecule has 0 aliphatic heterocycles. The SMILES string of the molecule is C=C(CCCCCCCCC)C(C)(C)C. The van der Waals surface area contributed by atoms with Gasteiger partial charge in [-0.1, -0.05) is 78.4 Å². The van der Waals surface area contributed by atoms with E-state index in [9.17, 15) is 0 Å². The molecule has 0 aliphatic carbocycles. The zero-order valence-corrected chi connectivity index (χ0v) is 11.4. The smallest absolute Gasteiger partial charge is 0.0176 e. The molecule has 0 nitrogen and oxygen atoms in total. The molecule has 0 aromatic rings. The van der Waals surface area contributed by atoms with Gasteiger partial charge in [0, 0.05) is 0 Å². The topological polar surface area (TPSA) is 0 Å². The van der Waals surface area contributed by atoms with Crippen molar-refractivity contribution in [3.8, 4) is 0 Å². The first-order valence-electron chi connectivity index (χ1n) is 6.66. The Hall–Kier alpha value is -0.260. The lowest BCUT2D eigenvalue weighted by atomic mass is 9.84. The van der Waals surface area contributed by atoms with Gasteiger partial charge in [-0.15, -0.1) is 0 Å². The Morgan fingerprint density at radius 3 is 1.80 bits per heavy atom. The molecule has 0 aliphatic rings. The third-order valence-electron chi connectivity index (χ3n) is 3.14. The van der Waals surface area contributed by atoms with Gasteiger partial charge in [0.05, 0.1) is 0 Å². The van der Waals surface area contributed by atoms with Gasteiger partial charge >= 0.3 is 0 Å². The van der Waals surface area contributed by atoms with E-state index < -0.39 is 0 Å². The Labute approximate surface area is 97.2 Å². The van der Waals surface area contributed by atoms with Gasteiger partial charge in [0.15, 0.2) is 0 Å². The summed E-state index contributed by atoms with van der Waals surface area (Å²) in [5.41, 5.74) is 1.72. The summed E-state index contributed by atoms with van der Waals surface area (Å²) in [4.78, 5) is 0. The van der Waals surface area contributed by atoms with E-state index in [1.165, 1.54) is 56.9 Å². The Morgan fingerprint density at radius 2 is 1.33 bits per heavy atom. The number of hydrogen-bond acceptors (Lipinski definition) is 0. The second-order valence-electron chi connectivity index (χ2n) is 5.72. The van der Waals surface area contributed by atoms with Crippen LogP contribution in [0.3, 0.4) is 0 Å². The van der Waals surface area contributed by atoms with E-state index in [4.69, 9.17) is 0 Å². The standard InChI is InChI=1S/C15H30/c1-6-7-8-9-10-11-12-13-14(2)15(3,4)5/h2,6-13H2,1,3-5H3. The Kier molecular flexibility index (Phi) is 7.82. The van der Waals surface area contributed by atoms with Crippen LogP contribution in [0, 0.1) is 5.41 Å². The highest BCUT2D eigenvalue weighted by atomic mass is 14.2. The van der Waals surface area contributed by atoms with Crippen LogP contribution in [0.15, 0.2) is 12.2 Å². The normalized spacial score (nSPS) is 11.7. The van der Waals surface area contributed by atoms with E-state index in [2.05, 4.69) is 34.3 Å². The second-order valence-corrected chi connectivity index (χ2v) is 5.72. The highest BCUT2D eigenvalue weighted by molar-refractivity contribution is 5.04. The summed E-state index contributed by atoms with van der Waals surface area (Å²) in [5, 5.41) is 0. The van der Waals surface area contributed by atoms with Crippen molar-refractivity contribution < 1.29 is 0 Å². The molecular formula is C15H30. The van der Waals surface area contributed by atoms with Crippen LogP contribution in [0.5, 0.6) is 0 Å². The highest BCUT2D eigenvalue weighted by Crippen LogP contribution is 2.27. The van der Waals surface area contributed by atoms with Crippen LogP contribution in [0.25, 0.3) is 0 Å². The van der Waals surface area contributed by atoms with E-state index in [0.717, 1.165) is 0 Å². The maximum absolute atomic E-state index is 4.17. The molecule has 0 saturated heterocycles. The third-order valence-corrected chi connectivity index (χ3v) is 3.14. The van der Waals surface area contributed by atoms with E-state index in [1.54, 1.807) is 0 Å². The Balaban J connectivity index is 3.28. The minimum Gasteiger partial charge on any atom is -0.0993 e. The van der Waals surface area contributed by atoms with Crippen LogP contribution in [0.2, 0.25) is 0 Å². The molecule has 0 atom stereocenters. The fourth-order valence-electron chi connectivity index (χ4n) is 1.67. The van der Waals surface area contributed by atoms with Gasteiger partial charge < -0.3 is 0 Å². The lowest BCUT2D eigenvalue weighted by molar-refractivity contribution is 0.472. The highest BCUT2D eigenvalue weighted by Gasteiger charge is 2.13. The van der Waals surface area contributed by atoms with Crippen molar-refractivity contribution in [1.29, 1.82) is 0 Å². The Morgan fingerprint density at radius 1 is 0.867 bits per heavy atom. The van der Waals surface area contributed by atoms with Gasteiger partial charge in [-0.2, -0.15) is 0 Å². The molecule has 0 spiro atoms. The fraction of sp³-hybridized carbons (Fsp3) is 0.867. The number of allylic oxidation sites excluding steroid dienone is 1. The van der Waals surface area contributed by atoms with Crippen LogP contribution in [-0.2, 0) is 0 Å². The molecule has 0 amide bonds. The molecule has 0 N–H and O–H groups in total. The van der Waals surface area contributed by atoms with E-state index in [0.29, 0.717) is 5.41 Å². The molecule has 0 rings (SSSR count). The van der Waals surface area contributed by atoms with E-state index >= 15 is 0 Å². The third kappa shape index (κ3) is 8.72. The lowest BCUT2D eigenvalue weighted by Crippen LogP contribution is -2.07. The summed E-state index contributed by atoms with van der Waals surface area (Å²) >= 11 is 0. The van der Waals surface area contributed by atoms with Crippen LogP contribution >= 0.6 is 0 Å². The van der Waals surface area contributed by atoms with Crippen molar-refractivity contribution in [3.63, 3.8) is 0 Å². The monoisotopic (exact) mass is 210 g/mol. The first-order chi connectivity index (χ1) is 6.98. The maximum atomic E-state index is 4.17. The molecule has 0 heterocycles. The summed E-state index contributed by atoms with van der Waals surface area (Å²) in [6.45, 7) is 13.2. The van der Waals surface area contributed by atoms with Gasteiger partial charge in [0.25, 0.3) is 0 Å². The summed E-state index contributed by atoms with van der Waals surface area (Å²) in [7, 11) is 0. The molecule has 0 heteroatoms. The summed E-state index contributed by atoms with van der Waals surface area (Å²) in [5.74, 6) is 0. The van der Waals surface area contributed by atoms with Gasteiger partial charge in [-0.3, -0.25) is 0 Å². The maximum Gasteiger partial charge on any atom is -0.0176 e. The summed E-state index contributed by atoms with van der Waals surface area (Å²) in [6.07, 6.45) is 11.0. The number of hydrogen-bond donors (Lipinski definition) is 0. The second kappa shape index (κ2) is 7.96. The van der Waals surface area contributed by atoms with E-state index in [1.807, 2.05) is 0 Å². The van der Waals surface area contributed by atoms with Crippen molar-refractivity contribution in [2.45, 2.75) is 79.1 Å². The minimum atomic E-state index is 0.308. The van der Waals surface area contributed by atoms with Crippen molar-refractivity contribution in [1.82, 2.24) is 0 Å². The fourth-order valence-corrected chi connectivity index (χ4v) is 1.67. The molecule has 0 aromatic carbocycles. The number of unbranched alkanes of at least 4 members (excludes halogenated alkanes) is 6. The molecule has 90 valence electrons. The molecule has 0 unspecified atom stereocenters. The van der Waals surface area contributed by atoms with Gasteiger partial charge in [-0.25, -0.2) is 0 Å². The zero-order valence-electron chi connectivity index (χ0n) is 11.4. The van der Waals surface area contributed by atoms with Crippen LogP contribution in [0.4, 0.5) is 0 Å². The Bertz CT molecular complexity index is 159. The molecule has 0 fully saturated rings. The predicted octanol–water partition coefficient (Wildman–Crippen LogP) is 5.73. The first-order valence-corrected chi connectivity index (χ1v) is 6.66. The summed E-state index contributed by atoms with van der Waals surface area (Å²) < 4.78 is 0. The number of rotatable bonds is 8. The molecule has 0 radical (unpaired) electrons. The van der Waals surface area contributed by atoms with Crippen molar-refractivity contribution in [3.05, 3.63) is 12.2 Å². The van der Waals surface area contributed by atoms with Crippen molar-refractivity contribution in [2.75, 3.05) is 0 Å². The van der Waals surface area contributed by atoms with Crippen molar-refractivity contribution >= 4 is 0 Å². The minimum absolute atomic E-state index is 0.308. The van der Waals surface area contributed by atoms with Gasteiger partial charge in [0.2, 0.25) is 0 Å². The van der Waals surface area contributed by atoms with Crippen LogP contribution < -0.4 is 0 Å². The van der Waals surface area contributed by atoms with E-state index in [-0.39, 0.29) is 0 Å². The van der Waals surface area contributed by atoms with Gasteiger partial charge in [0.1, 0.15) is 0 Å². The molecule has 0 saturated carbocycles. The first kappa shape index (κ1) is 14.7.